The highest BCUT2D eigenvalue weighted by Gasteiger charge is 2.31. The molecule has 0 spiro atoms. The van der Waals surface area contributed by atoms with Gasteiger partial charge in [0.25, 0.3) is 0 Å². The molecule has 1 unspecified atom stereocenters. The molecule has 0 aliphatic carbocycles. The van der Waals surface area contributed by atoms with E-state index >= 15 is 0 Å². The second-order valence-electron chi connectivity index (χ2n) is 6.89. The zero-order valence-corrected chi connectivity index (χ0v) is 15.7. The molecule has 0 saturated carbocycles. The molecule has 1 N–H and O–H groups in total. The predicted octanol–water partition coefficient (Wildman–Crippen LogP) is 2.95. The van der Waals surface area contributed by atoms with Gasteiger partial charge in [-0.15, -0.1) is 0 Å². The Morgan fingerprint density at radius 2 is 2.00 bits per heavy atom. The Morgan fingerprint density at radius 1 is 1.24 bits per heavy atom. The van der Waals surface area contributed by atoms with E-state index in [1.165, 1.54) is 0 Å². The molecule has 1 saturated heterocycles. The smallest absolute Gasteiger partial charge is 0.323 e. The molecule has 0 bridgehead atoms. The van der Waals surface area contributed by atoms with Gasteiger partial charge < -0.3 is 4.90 Å². The summed E-state index contributed by atoms with van der Waals surface area (Å²) in [5.41, 5.74) is 2.01. The minimum atomic E-state index is -0.920. The van der Waals surface area contributed by atoms with Crippen molar-refractivity contribution in [3.63, 3.8) is 0 Å². The van der Waals surface area contributed by atoms with Crippen molar-refractivity contribution in [3.8, 4) is 5.69 Å². The average Bonchev–Trinajstić information content (AvgIpc) is 2.97. The Labute approximate surface area is 150 Å². The molecule has 1 fully saturated rings. The van der Waals surface area contributed by atoms with Gasteiger partial charge in [0.05, 0.1) is 11.9 Å². The Bertz CT molecular complexity index is 800. The number of benzene rings is 1. The van der Waals surface area contributed by atoms with Gasteiger partial charge in [-0.2, -0.15) is 5.10 Å². The van der Waals surface area contributed by atoms with Crippen LogP contribution in [0.2, 0.25) is 0 Å². The summed E-state index contributed by atoms with van der Waals surface area (Å²) in [6.45, 7) is 7.10. The van der Waals surface area contributed by atoms with Gasteiger partial charge in [-0.1, -0.05) is 18.2 Å². The number of carbonyl (C=O) groups excluding carboxylic acids is 1. The number of amides is 2. The van der Waals surface area contributed by atoms with E-state index < -0.39 is 10.8 Å². The lowest BCUT2D eigenvalue weighted by atomic mass is 10.1. The number of rotatable bonds is 2. The lowest BCUT2D eigenvalue weighted by molar-refractivity contribution is 0.214. The van der Waals surface area contributed by atoms with Crippen molar-refractivity contribution >= 4 is 22.6 Å². The van der Waals surface area contributed by atoms with Crippen LogP contribution >= 0.6 is 0 Å². The fraction of sp³-hybridized carbons (Fsp3) is 0.444. The topological polar surface area (TPSA) is 67.2 Å². The number of aryl methyl sites for hydroxylation is 1. The van der Waals surface area contributed by atoms with Gasteiger partial charge in [0.1, 0.15) is 5.82 Å². The van der Waals surface area contributed by atoms with Crippen LogP contribution in [-0.2, 0) is 10.8 Å². The molecule has 1 aromatic heterocycles. The van der Waals surface area contributed by atoms with Crippen LogP contribution in [0.5, 0.6) is 0 Å². The molecule has 2 heterocycles. The summed E-state index contributed by atoms with van der Waals surface area (Å²) in [5.74, 6) is 1.14. The van der Waals surface area contributed by atoms with Crippen molar-refractivity contribution < 1.29 is 9.00 Å². The Morgan fingerprint density at radius 3 is 2.76 bits per heavy atom. The van der Waals surface area contributed by atoms with E-state index in [1.54, 1.807) is 21.8 Å². The number of para-hydroxylation sites is 1. The van der Waals surface area contributed by atoms with Crippen LogP contribution in [0.4, 0.5) is 10.6 Å². The lowest BCUT2D eigenvalue weighted by Gasteiger charge is -2.23. The molecule has 3 rings (SSSR count). The minimum absolute atomic E-state index is 0.176. The van der Waals surface area contributed by atoms with E-state index in [2.05, 4.69) is 10.4 Å². The van der Waals surface area contributed by atoms with Crippen LogP contribution < -0.4 is 5.32 Å². The van der Waals surface area contributed by atoms with Crippen LogP contribution in [0.1, 0.15) is 25.8 Å². The van der Waals surface area contributed by atoms with Crippen LogP contribution in [-0.4, -0.2) is 48.5 Å². The van der Waals surface area contributed by atoms with Crippen molar-refractivity contribution in [1.29, 1.82) is 0 Å². The molecule has 1 atom stereocenters. The first kappa shape index (κ1) is 17.7. The molecular weight excluding hydrogens is 336 g/mol. The van der Waals surface area contributed by atoms with Crippen molar-refractivity contribution in [2.75, 3.05) is 24.2 Å². The maximum absolute atomic E-state index is 12.7. The predicted molar refractivity (Wildman–Crippen MR) is 101 cm³/mol. The highest BCUT2D eigenvalue weighted by Crippen LogP contribution is 2.23. The second kappa shape index (κ2) is 7.00. The molecule has 25 heavy (non-hydrogen) atoms. The number of hydrogen-bond donors (Lipinski definition) is 1. The maximum Gasteiger partial charge on any atom is 0.323 e. The number of aromatic nitrogens is 2. The quantitative estimate of drug-likeness (QED) is 0.895. The SMILES string of the molecule is Cc1ccccc1-n1nccc1NC(=O)N1CCS(=O)C(C)(C)CC1. The van der Waals surface area contributed by atoms with Gasteiger partial charge in [0.15, 0.2) is 0 Å². The number of urea groups is 1. The fourth-order valence-corrected chi connectivity index (χ4v) is 4.14. The summed E-state index contributed by atoms with van der Waals surface area (Å²) in [4.78, 5) is 14.4. The summed E-state index contributed by atoms with van der Waals surface area (Å²) >= 11 is 0. The van der Waals surface area contributed by atoms with E-state index in [1.807, 2.05) is 45.0 Å². The summed E-state index contributed by atoms with van der Waals surface area (Å²) < 4.78 is 13.7. The number of nitrogens with one attached hydrogen (secondary N) is 1. The zero-order valence-electron chi connectivity index (χ0n) is 14.9. The summed E-state index contributed by atoms with van der Waals surface area (Å²) in [5, 5.41) is 7.28. The Balaban J connectivity index is 1.76. The van der Waals surface area contributed by atoms with Crippen molar-refractivity contribution in [3.05, 3.63) is 42.1 Å². The van der Waals surface area contributed by atoms with Gasteiger partial charge in [0, 0.05) is 40.5 Å². The largest absolute Gasteiger partial charge is 0.324 e. The van der Waals surface area contributed by atoms with Gasteiger partial charge in [-0.05, 0) is 38.8 Å². The number of nitrogens with zero attached hydrogens (tertiary/aromatic N) is 3. The first-order chi connectivity index (χ1) is 11.9. The minimum Gasteiger partial charge on any atom is -0.324 e. The number of anilines is 1. The van der Waals surface area contributed by atoms with Crippen LogP contribution in [0.25, 0.3) is 5.69 Å². The van der Waals surface area contributed by atoms with Crippen molar-refractivity contribution in [1.82, 2.24) is 14.7 Å². The molecule has 134 valence electrons. The number of hydrogen-bond acceptors (Lipinski definition) is 3. The van der Waals surface area contributed by atoms with E-state index in [4.69, 9.17) is 0 Å². The van der Waals surface area contributed by atoms with Crippen LogP contribution in [0, 0.1) is 6.92 Å². The standard InChI is InChI=1S/C18H24N4O2S/c1-14-6-4-5-7-15(14)22-16(8-10-19-22)20-17(23)21-11-9-18(2,3)25(24)13-12-21/h4-8,10H,9,11-13H2,1-3H3,(H,20,23). The molecule has 2 aromatic rings. The Hall–Kier alpha value is -2.15. The first-order valence-corrected chi connectivity index (χ1v) is 9.75. The summed E-state index contributed by atoms with van der Waals surface area (Å²) in [6.07, 6.45) is 2.40. The monoisotopic (exact) mass is 360 g/mol. The van der Waals surface area contributed by atoms with Crippen LogP contribution in [0.3, 0.4) is 0 Å². The normalized spacial score (nSPS) is 20.1. The van der Waals surface area contributed by atoms with Gasteiger partial charge >= 0.3 is 6.03 Å². The molecule has 1 aromatic carbocycles. The van der Waals surface area contributed by atoms with E-state index in [-0.39, 0.29) is 10.8 Å². The zero-order chi connectivity index (χ0) is 18.0. The Kier molecular flexibility index (Phi) is 4.94. The van der Waals surface area contributed by atoms with Crippen molar-refractivity contribution in [2.45, 2.75) is 31.9 Å². The van der Waals surface area contributed by atoms with Gasteiger partial charge in [-0.25, -0.2) is 9.48 Å². The summed E-state index contributed by atoms with van der Waals surface area (Å²) in [7, 11) is -0.920. The highest BCUT2D eigenvalue weighted by molar-refractivity contribution is 7.86. The van der Waals surface area contributed by atoms with Gasteiger partial charge in [0.2, 0.25) is 0 Å². The number of carbonyl (C=O) groups is 1. The lowest BCUT2D eigenvalue weighted by Crippen LogP contribution is -2.37. The molecule has 6 nitrogen and oxygen atoms in total. The van der Waals surface area contributed by atoms with E-state index in [0.29, 0.717) is 24.7 Å². The first-order valence-electron chi connectivity index (χ1n) is 8.43. The molecule has 1 aliphatic rings. The van der Waals surface area contributed by atoms with Crippen molar-refractivity contribution in [2.24, 2.45) is 0 Å². The molecule has 1 aliphatic heterocycles. The summed E-state index contributed by atoms with van der Waals surface area (Å²) in [6, 6.07) is 9.50. The maximum atomic E-state index is 12.7. The second-order valence-corrected chi connectivity index (χ2v) is 9.10. The third-order valence-electron chi connectivity index (χ3n) is 4.66. The van der Waals surface area contributed by atoms with E-state index in [0.717, 1.165) is 17.7 Å². The third-order valence-corrected chi connectivity index (χ3v) is 6.65. The third kappa shape index (κ3) is 3.76. The molecule has 7 heteroatoms. The molecule has 2 amide bonds. The molecule has 0 radical (unpaired) electrons. The molecular formula is C18H24N4O2S. The highest BCUT2D eigenvalue weighted by atomic mass is 32.2. The van der Waals surface area contributed by atoms with Crippen LogP contribution in [0.15, 0.2) is 36.5 Å². The average molecular weight is 360 g/mol. The fourth-order valence-electron chi connectivity index (χ4n) is 2.88. The van der Waals surface area contributed by atoms with Gasteiger partial charge in [-0.3, -0.25) is 9.53 Å². The van der Waals surface area contributed by atoms with E-state index in [9.17, 15) is 9.00 Å².